The first-order chi connectivity index (χ1) is 4.79. The smallest absolute Gasteiger partial charge is 0.175 e. The van der Waals surface area contributed by atoms with Gasteiger partial charge < -0.3 is 20.0 Å². The van der Waals surface area contributed by atoms with Crippen LogP contribution in [0.1, 0.15) is 0 Å². The summed E-state index contributed by atoms with van der Waals surface area (Å²) in [4.78, 5) is 3.21. The first-order valence-corrected chi connectivity index (χ1v) is 3.46. The second-order valence-electron chi connectivity index (χ2n) is 2.09. The van der Waals surface area contributed by atoms with E-state index in [-0.39, 0.29) is 13.5 Å². The molecule has 0 aromatic heterocycles. The summed E-state index contributed by atoms with van der Waals surface area (Å²) in [6, 6.07) is 0. The monoisotopic (exact) mass is 162 g/mol. The summed E-state index contributed by atoms with van der Waals surface area (Å²) in [6.45, 7) is 1.45. The SMILES string of the molecule is OCN(CO)C(=S)N1CC1. The van der Waals surface area contributed by atoms with Crippen LogP contribution >= 0.6 is 12.2 Å². The molecular weight excluding hydrogens is 152 g/mol. The van der Waals surface area contributed by atoms with Crippen LogP contribution in [-0.4, -0.2) is 51.7 Å². The van der Waals surface area contributed by atoms with E-state index < -0.39 is 0 Å². The zero-order chi connectivity index (χ0) is 7.56. The van der Waals surface area contributed by atoms with Crippen molar-refractivity contribution >= 4 is 17.3 Å². The summed E-state index contributed by atoms with van der Waals surface area (Å²) >= 11 is 4.89. The van der Waals surface area contributed by atoms with Crippen molar-refractivity contribution < 1.29 is 10.2 Å². The van der Waals surface area contributed by atoms with Gasteiger partial charge in [0.2, 0.25) is 0 Å². The third-order valence-corrected chi connectivity index (χ3v) is 1.85. The van der Waals surface area contributed by atoms with E-state index in [1.807, 2.05) is 4.90 Å². The minimum absolute atomic E-state index is 0.216. The number of rotatable bonds is 2. The third kappa shape index (κ3) is 1.56. The van der Waals surface area contributed by atoms with Crippen LogP contribution in [0, 0.1) is 0 Å². The first kappa shape index (κ1) is 7.71. The molecule has 5 heteroatoms. The van der Waals surface area contributed by atoms with Crippen molar-refractivity contribution in [3.05, 3.63) is 0 Å². The van der Waals surface area contributed by atoms with Crippen LogP contribution in [0.5, 0.6) is 0 Å². The van der Waals surface area contributed by atoms with E-state index in [0.29, 0.717) is 5.11 Å². The van der Waals surface area contributed by atoms with Crippen molar-refractivity contribution in [1.82, 2.24) is 9.80 Å². The molecule has 0 aromatic rings. The highest BCUT2D eigenvalue weighted by atomic mass is 32.1. The van der Waals surface area contributed by atoms with Crippen molar-refractivity contribution in [3.63, 3.8) is 0 Å². The number of hydrogen-bond donors (Lipinski definition) is 2. The number of aliphatic hydroxyl groups excluding tert-OH is 2. The van der Waals surface area contributed by atoms with Gasteiger partial charge in [-0.15, -0.1) is 0 Å². The third-order valence-electron chi connectivity index (χ3n) is 1.33. The van der Waals surface area contributed by atoms with Gasteiger partial charge in [0.05, 0.1) is 0 Å². The van der Waals surface area contributed by atoms with Gasteiger partial charge in [0.1, 0.15) is 13.5 Å². The number of aliphatic hydroxyl groups is 2. The lowest BCUT2D eigenvalue weighted by atomic mass is 10.8. The van der Waals surface area contributed by atoms with Gasteiger partial charge in [0.15, 0.2) is 5.11 Å². The van der Waals surface area contributed by atoms with Gasteiger partial charge in [-0.3, -0.25) is 0 Å². The number of thiocarbonyl (C=S) groups is 1. The van der Waals surface area contributed by atoms with Gasteiger partial charge in [0.25, 0.3) is 0 Å². The average Bonchev–Trinajstić information content (AvgIpc) is 2.71. The second-order valence-corrected chi connectivity index (χ2v) is 2.46. The molecule has 10 heavy (non-hydrogen) atoms. The van der Waals surface area contributed by atoms with E-state index >= 15 is 0 Å². The molecule has 2 N–H and O–H groups in total. The van der Waals surface area contributed by atoms with Crippen LogP contribution in [0.4, 0.5) is 0 Å². The molecule has 0 spiro atoms. The van der Waals surface area contributed by atoms with Gasteiger partial charge in [-0.25, -0.2) is 0 Å². The molecule has 0 aromatic carbocycles. The Morgan fingerprint density at radius 2 is 1.90 bits per heavy atom. The van der Waals surface area contributed by atoms with Crippen LogP contribution in [0.2, 0.25) is 0 Å². The van der Waals surface area contributed by atoms with Gasteiger partial charge in [-0.2, -0.15) is 0 Å². The maximum Gasteiger partial charge on any atom is 0.175 e. The van der Waals surface area contributed by atoms with Crippen molar-refractivity contribution in [2.75, 3.05) is 26.6 Å². The van der Waals surface area contributed by atoms with Crippen LogP contribution in [0.15, 0.2) is 0 Å². The largest absolute Gasteiger partial charge is 0.376 e. The lowest BCUT2D eigenvalue weighted by molar-refractivity contribution is 0.0824. The maximum absolute atomic E-state index is 8.62. The summed E-state index contributed by atoms with van der Waals surface area (Å²) in [6.07, 6.45) is 0. The van der Waals surface area contributed by atoms with Crippen molar-refractivity contribution in [2.24, 2.45) is 0 Å². The molecule has 1 fully saturated rings. The molecule has 0 bridgehead atoms. The highest BCUT2D eigenvalue weighted by Gasteiger charge is 2.24. The predicted octanol–water partition coefficient (Wildman–Crippen LogP) is -1.21. The molecular formula is C5H10N2O2S. The molecule has 58 valence electrons. The minimum atomic E-state index is -0.216. The Kier molecular flexibility index (Phi) is 2.42. The summed E-state index contributed by atoms with van der Waals surface area (Å²) in [5, 5.41) is 17.8. The molecule has 4 nitrogen and oxygen atoms in total. The molecule has 0 amide bonds. The summed E-state index contributed by atoms with van der Waals surface area (Å²) < 4.78 is 0. The number of nitrogens with zero attached hydrogens (tertiary/aromatic N) is 2. The fraction of sp³-hybridized carbons (Fsp3) is 0.800. The molecule has 0 unspecified atom stereocenters. The van der Waals surface area contributed by atoms with E-state index in [0.717, 1.165) is 13.1 Å². The van der Waals surface area contributed by atoms with E-state index in [4.69, 9.17) is 22.4 Å². The Balaban J connectivity index is 2.35. The zero-order valence-electron chi connectivity index (χ0n) is 5.53. The fourth-order valence-corrected chi connectivity index (χ4v) is 0.905. The predicted molar refractivity (Wildman–Crippen MR) is 40.2 cm³/mol. The van der Waals surface area contributed by atoms with Crippen molar-refractivity contribution in [2.45, 2.75) is 0 Å². The second kappa shape index (κ2) is 3.14. The van der Waals surface area contributed by atoms with Crippen LogP contribution in [-0.2, 0) is 0 Å². The molecule has 1 saturated heterocycles. The normalized spacial score (nSPS) is 15.2. The Morgan fingerprint density at radius 3 is 2.20 bits per heavy atom. The highest BCUT2D eigenvalue weighted by Crippen LogP contribution is 2.07. The molecule has 1 heterocycles. The van der Waals surface area contributed by atoms with E-state index in [2.05, 4.69) is 0 Å². The van der Waals surface area contributed by atoms with Crippen molar-refractivity contribution in [1.29, 1.82) is 0 Å². The summed E-state index contributed by atoms with van der Waals surface area (Å²) in [5.74, 6) is 0. The lowest BCUT2D eigenvalue weighted by Gasteiger charge is -2.19. The Labute approximate surface area is 64.7 Å². The molecule has 1 rings (SSSR count). The molecule has 0 saturated carbocycles. The van der Waals surface area contributed by atoms with Gasteiger partial charge in [-0.05, 0) is 12.2 Å². The topological polar surface area (TPSA) is 46.7 Å². The van der Waals surface area contributed by atoms with Gasteiger partial charge >= 0.3 is 0 Å². The Morgan fingerprint density at radius 1 is 1.40 bits per heavy atom. The summed E-state index contributed by atoms with van der Waals surface area (Å²) in [5.41, 5.74) is 0. The van der Waals surface area contributed by atoms with Crippen LogP contribution < -0.4 is 0 Å². The van der Waals surface area contributed by atoms with Crippen molar-refractivity contribution in [3.8, 4) is 0 Å². The highest BCUT2D eigenvalue weighted by molar-refractivity contribution is 7.80. The van der Waals surface area contributed by atoms with Crippen LogP contribution in [0.25, 0.3) is 0 Å². The molecule has 0 atom stereocenters. The maximum atomic E-state index is 8.62. The van der Waals surface area contributed by atoms with Gasteiger partial charge in [0, 0.05) is 13.1 Å². The zero-order valence-corrected chi connectivity index (χ0v) is 6.34. The molecule has 1 aliphatic heterocycles. The number of hydrogen-bond acceptors (Lipinski definition) is 3. The van der Waals surface area contributed by atoms with E-state index in [9.17, 15) is 0 Å². The molecule has 0 radical (unpaired) electrons. The lowest BCUT2D eigenvalue weighted by Crippen LogP contribution is -2.35. The Bertz CT molecular complexity index is 134. The van der Waals surface area contributed by atoms with Crippen LogP contribution in [0.3, 0.4) is 0 Å². The van der Waals surface area contributed by atoms with Gasteiger partial charge in [-0.1, -0.05) is 0 Å². The summed E-state index contributed by atoms with van der Waals surface area (Å²) in [7, 11) is 0. The quantitative estimate of drug-likeness (QED) is 0.303. The Hall–Kier alpha value is -0.390. The van der Waals surface area contributed by atoms with E-state index in [1.165, 1.54) is 4.90 Å². The average molecular weight is 162 g/mol. The molecule has 0 aliphatic carbocycles. The standard InChI is InChI=1S/C5H10N2O2S/c8-3-7(4-9)5(10)6-1-2-6/h8-9H,1-4H2. The fourth-order valence-electron chi connectivity index (χ4n) is 0.607. The van der Waals surface area contributed by atoms with E-state index in [1.54, 1.807) is 0 Å². The molecule has 1 aliphatic rings. The first-order valence-electron chi connectivity index (χ1n) is 3.05. The minimum Gasteiger partial charge on any atom is -0.376 e.